The average Bonchev–Trinajstić information content (AvgIpc) is 3.28. The molecule has 3 fully saturated rings. The number of piperidine rings is 1. The summed E-state index contributed by atoms with van der Waals surface area (Å²) < 4.78 is 29.7. The van der Waals surface area contributed by atoms with Crippen molar-refractivity contribution in [1.82, 2.24) is 4.90 Å². The summed E-state index contributed by atoms with van der Waals surface area (Å²) >= 11 is 0. The first-order chi connectivity index (χ1) is 30.7. The maximum Gasteiger partial charge on any atom is 0.329 e. The predicted octanol–water partition coefficient (Wildman–Crippen LogP) is 7.46. The van der Waals surface area contributed by atoms with E-state index in [2.05, 4.69) is 6.92 Å². The Balaban J connectivity index is 1.70. The minimum Gasteiger partial charge on any atom is -0.460 e. The first kappa shape index (κ1) is 54.3. The van der Waals surface area contributed by atoms with E-state index < -0.39 is 77.8 Å². The molecule has 1 aliphatic carbocycles. The van der Waals surface area contributed by atoms with Gasteiger partial charge >= 0.3 is 5.97 Å². The zero-order valence-corrected chi connectivity index (χ0v) is 41.2. The summed E-state index contributed by atoms with van der Waals surface area (Å²) in [5.74, 6) is -7.07. The smallest absolute Gasteiger partial charge is 0.329 e. The largest absolute Gasteiger partial charge is 0.460 e. The van der Waals surface area contributed by atoms with Crippen LogP contribution in [0.15, 0.2) is 47.6 Å². The number of nitrogens with zero attached hydrogens (tertiary/aromatic N) is 1. The number of ether oxygens (including phenoxy) is 5. The van der Waals surface area contributed by atoms with E-state index >= 15 is 0 Å². The van der Waals surface area contributed by atoms with E-state index in [0.29, 0.717) is 56.4 Å². The van der Waals surface area contributed by atoms with Crippen molar-refractivity contribution < 1.29 is 57.9 Å². The number of methoxy groups -OCH3 is 3. The van der Waals surface area contributed by atoms with E-state index in [0.717, 1.165) is 24.8 Å². The lowest BCUT2D eigenvalue weighted by Gasteiger charge is -2.42. The molecule has 2 saturated heterocycles. The second-order valence-electron chi connectivity index (χ2n) is 20.0. The molecule has 2 bridgehead atoms. The van der Waals surface area contributed by atoms with Crippen LogP contribution in [0.2, 0.25) is 0 Å². The van der Waals surface area contributed by atoms with E-state index in [9.17, 15) is 34.2 Å². The fourth-order valence-corrected chi connectivity index (χ4v) is 10.4. The van der Waals surface area contributed by atoms with Gasteiger partial charge in [-0.25, -0.2) is 4.79 Å². The minimum absolute atomic E-state index is 0.0304. The Morgan fingerprint density at radius 3 is 2.25 bits per heavy atom. The first-order valence-corrected chi connectivity index (χ1v) is 24.2. The highest BCUT2D eigenvalue weighted by Crippen LogP contribution is 2.38. The van der Waals surface area contributed by atoms with Gasteiger partial charge in [-0.05, 0) is 113 Å². The Hall–Kier alpha value is -3.33. The standard InChI is InChI=1S/C52H81NO12/c1-31-17-13-12-14-18-32(2)44(62-10)29-40-23-21-38(8)52(60,65-40)49(57)50(58)53-24-16-15-19-41(53)51(59)64-45(35(5)27-39-22-20-33(3)43(28-39)61-9)30-42(54)34(4)26-37(7)47(56)48(63-11)46(55)36(6)25-31/h12-14,17-18,26,31,33-36,38-41,43-45,47-48,56,60H,15-16,19-25,27-30H2,1-11H3/b14-12+,17-13+,32-18+,37-26+/t31-,33-,34-,35-,36?,38-,39?,40+,41+,43?,44+,45?,47-,48?,52-/m1/s1. The Bertz CT molecular complexity index is 1750. The van der Waals surface area contributed by atoms with Crippen molar-refractivity contribution in [3.05, 3.63) is 47.6 Å². The molecule has 13 heteroatoms. The van der Waals surface area contributed by atoms with Crippen LogP contribution in [-0.4, -0.2) is 121 Å². The van der Waals surface area contributed by atoms with Crippen molar-refractivity contribution >= 4 is 29.2 Å². The normalized spacial score (nSPS) is 40.4. The number of Topliss-reactive ketones (excluding diaryl/α,β-unsaturated/α-hetero) is 3. The summed E-state index contributed by atoms with van der Waals surface area (Å²) in [6.45, 7) is 15.1. The number of allylic oxidation sites excluding steroid dienone is 6. The van der Waals surface area contributed by atoms with Crippen molar-refractivity contribution in [3.8, 4) is 0 Å². The van der Waals surface area contributed by atoms with E-state index in [4.69, 9.17) is 23.7 Å². The van der Waals surface area contributed by atoms with Crippen LogP contribution in [0.5, 0.6) is 0 Å². The maximum absolute atomic E-state index is 14.4. The molecule has 65 heavy (non-hydrogen) atoms. The lowest BCUT2D eigenvalue weighted by atomic mass is 9.76. The highest BCUT2D eigenvalue weighted by molar-refractivity contribution is 6.39. The summed E-state index contributed by atoms with van der Waals surface area (Å²) in [5, 5.41) is 23.4. The molecule has 5 unspecified atom stereocenters. The van der Waals surface area contributed by atoms with Crippen LogP contribution in [-0.2, 0) is 47.7 Å². The third-order valence-electron chi connectivity index (χ3n) is 14.8. The molecular formula is C52H81NO12. The number of ketones is 3. The Morgan fingerprint density at radius 2 is 1.57 bits per heavy atom. The Morgan fingerprint density at radius 1 is 0.846 bits per heavy atom. The van der Waals surface area contributed by atoms with Gasteiger partial charge in [0.1, 0.15) is 30.1 Å². The van der Waals surface area contributed by atoms with Crippen LogP contribution >= 0.6 is 0 Å². The van der Waals surface area contributed by atoms with Gasteiger partial charge in [0.05, 0.1) is 18.3 Å². The number of rotatable bonds is 6. The number of fused-ring (bicyclic) bond motifs is 3. The molecule has 1 amide bonds. The molecule has 13 nitrogen and oxygen atoms in total. The molecule has 366 valence electrons. The molecule has 0 aromatic rings. The van der Waals surface area contributed by atoms with Gasteiger partial charge in [0.15, 0.2) is 5.78 Å². The van der Waals surface area contributed by atoms with Gasteiger partial charge in [-0.2, -0.15) is 0 Å². The summed E-state index contributed by atoms with van der Waals surface area (Å²) in [4.78, 5) is 71.9. The van der Waals surface area contributed by atoms with Gasteiger partial charge < -0.3 is 38.8 Å². The third-order valence-corrected chi connectivity index (χ3v) is 14.8. The minimum atomic E-state index is -2.41. The highest BCUT2D eigenvalue weighted by atomic mass is 16.6. The second kappa shape index (κ2) is 25.2. The first-order valence-electron chi connectivity index (χ1n) is 24.2. The highest BCUT2D eigenvalue weighted by Gasteiger charge is 2.53. The number of amides is 1. The maximum atomic E-state index is 14.4. The monoisotopic (exact) mass is 912 g/mol. The van der Waals surface area contributed by atoms with E-state index in [1.165, 1.54) is 12.0 Å². The quantitative estimate of drug-likeness (QED) is 0.153. The van der Waals surface area contributed by atoms with Crippen molar-refractivity contribution in [1.29, 1.82) is 0 Å². The molecular weight excluding hydrogens is 831 g/mol. The van der Waals surface area contributed by atoms with E-state index in [-0.39, 0.29) is 54.8 Å². The lowest BCUT2D eigenvalue weighted by molar-refractivity contribution is -0.265. The van der Waals surface area contributed by atoms with Gasteiger partial charge in [0, 0.05) is 58.5 Å². The average molecular weight is 912 g/mol. The summed E-state index contributed by atoms with van der Waals surface area (Å²) in [7, 11) is 4.70. The van der Waals surface area contributed by atoms with Gasteiger partial charge in [0.25, 0.3) is 11.7 Å². The van der Waals surface area contributed by atoms with Crippen molar-refractivity contribution in [3.63, 3.8) is 0 Å². The molecule has 0 aromatic carbocycles. The number of aliphatic hydroxyl groups is 2. The Labute approximate surface area is 388 Å². The Kier molecular flexibility index (Phi) is 21.0. The van der Waals surface area contributed by atoms with Crippen LogP contribution in [0.4, 0.5) is 0 Å². The van der Waals surface area contributed by atoms with Crippen molar-refractivity contribution in [2.75, 3.05) is 27.9 Å². The van der Waals surface area contributed by atoms with Gasteiger partial charge in [0.2, 0.25) is 5.79 Å². The van der Waals surface area contributed by atoms with Crippen LogP contribution in [0.25, 0.3) is 0 Å². The molecule has 4 rings (SSSR count). The SMILES string of the molecule is COC1CC(C[C@@H](C)C2CC(=O)[C@H](C)/C=C(\C)[C@@H](O)C(OC)C(=O)C(C)C[C@H](C)/C=C/C=C/C=C(\C)[C@@H](OC)C[C@@H]3CC[C@@H](C)[C@@](O)(O3)C(=O)C(=O)N3CCCC[C@H]3C(=O)O2)CC[C@H]1C. The third kappa shape index (κ3) is 14.3. The van der Waals surface area contributed by atoms with Crippen LogP contribution < -0.4 is 0 Å². The number of esters is 1. The van der Waals surface area contributed by atoms with E-state index in [1.54, 1.807) is 41.1 Å². The number of cyclic esters (lactones) is 1. The summed E-state index contributed by atoms with van der Waals surface area (Å²) in [6, 6.07) is -1.11. The summed E-state index contributed by atoms with van der Waals surface area (Å²) in [5.41, 5.74) is 1.30. The number of aliphatic hydroxyl groups excluding tert-OH is 1. The number of hydrogen-bond acceptors (Lipinski definition) is 12. The van der Waals surface area contributed by atoms with Crippen molar-refractivity contribution in [2.45, 2.75) is 181 Å². The molecule has 0 spiro atoms. The molecule has 2 N–H and O–H groups in total. The van der Waals surface area contributed by atoms with Gasteiger partial charge in [-0.1, -0.05) is 78.0 Å². The molecule has 0 aromatic heterocycles. The van der Waals surface area contributed by atoms with Crippen LogP contribution in [0.1, 0.15) is 132 Å². The lowest BCUT2D eigenvalue weighted by Crippen LogP contribution is -2.61. The molecule has 4 aliphatic rings. The topological polar surface area (TPSA) is 175 Å². The molecule has 15 atom stereocenters. The molecule has 1 saturated carbocycles. The van der Waals surface area contributed by atoms with Crippen LogP contribution in [0.3, 0.4) is 0 Å². The number of carbonyl (C=O) groups is 5. The fraction of sp³-hybridized carbons (Fsp3) is 0.750. The zero-order chi connectivity index (χ0) is 48.2. The van der Waals surface area contributed by atoms with Crippen LogP contribution in [0, 0.1) is 41.4 Å². The van der Waals surface area contributed by atoms with Gasteiger partial charge in [-0.15, -0.1) is 0 Å². The summed E-state index contributed by atoms with van der Waals surface area (Å²) in [6.07, 6.45) is 13.6. The van der Waals surface area contributed by atoms with Gasteiger partial charge in [-0.3, -0.25) is 19.2 Å². The van der Waals surface area contributed by atoms with Crippen molar-refractivity contribution in [2.24, 2.45) is 41.4 Å². The molecule has 0 radical (unpaired) electrons. The zero-order valence-electron chi connectivity index (χ0n) is 41.2. The molecule has 3 aliphatic heterocycles. The number of hydrogen-bond donors (Lipinski definition) is 2. The fourth-order valence-electron chi connectivity index (χ4n) is 10.4. The van der Waals surface area contributed by atoms with E-state index in [1.807, 2.05) is 58.1 Å². The predicted molar refractivity (Wildman–Crippen MR) is 248 cm³/mol. The second-order valence-corrected chi connectivity index (χ2v) is 20.0. The molecule has 3 heterocycles. The number of carbonyl (C=O) groups excluding carboxylic acids is 5.